The van der Waals surface area contributed by atoms with Crippen LogP contribution in [0.3, 0.4) is 0 Å². The molecule has 2 N–H and O–H groups in total. The predicted molar refractivity (Wildman–Crippen MR) is 81.4 cm³/mol. The SMILES string of the molecule is CN(Cc1ccc(N)cc1)S(=O)(=O)Cc1ccccc1. The summed E-state index contributed by atoms with van der Waals surface area (Å²) in [5.41, 5.74) is 7.99. The number of anilines is 1. The Bertz CT molecular complexity index is 652. The summed E-state index contributed by atoms with van der Waals surface area (Å²) in [7, 11) is -1.73. The fourth-order valence-corrected chi connectivity index (χ4v) is 3.05. The second-order valence-electron chi connectivity index (χ2n) is 4.74. The van der Waals surface area contributed by atoms with Crippen LogP contribution in [0.1, 0.15) is 11.1 Å². The molecule has 0 saturated heterocycles. The molecule has 2 aromatic rings. The standard InChI is InChI=1S/C15H18N2O2S/c1-17(11-13-7-9-15(16)10-8-13)20(18,19)12-14-5-3-2-4-6-14/h2-10H,11-12,16H2,1H3. The van der Waals surface area contributed by atoms with E-state index >= 15 is 0 Å². The van der Waals surface area contributed by atoms with Crippen molar-refractivity contribution < 1.29 is 8.42 Å². The Kier molecular flexibility index (Phi) is 4.42. The van der Waals surface area contributed by atoms with E-state index in [2.05, 4.69) is 0 Å². The second kappa shape index (κ2) is 6.07. The molecule has 0 saturated carbocycles. The molecule has 0 radical (unpaired) electrons. The number of nitrogens with two attached hydrogens (primary N) is 1. The normalized spacial score (nSPS) is 11.7. The van der Waals surface area contributed by atoms with Crippen LogP contribution in [0.5, 0.6) is 0 Å². The lowest BCUT2D eigenvalue weighted by molar-refractivity contribution is 0.466. The minimum absolute atomic E-state index is 0.0132. The number of nitrogens with zero attached hydrogens (tertiary/aromatic N) is 1. The van der Waals surface area contributed by atoms with Gasteiger partial charge in [-0.15, -0.1) is 0 Å². The largest absolute Gasteiger partial charge is 0.399 e. The van der Waals surface area contributed by atoms with Crippen molar-refractivity contribution >= 4 is 15.7 Å². The van der Waals surface area contributed by atoms with Gasteiger partial charge in [0.15, 0.2) is 0 Å². The van der Waals surface area contributed by atoms with Crippen molar-refractivity contribution in [2.45, 2.75) is 12.3 Å². The smallest absolute Gasteiger partial charge is 0.218 e. The van der Waals surface area contributed by atoms with E-state index < -0.39 is 10.0 Å². The molecular weight excluding hydrogens is 272 g/mol. The molecule has 0 aromatic heterocycles. The van der Waals surface area contributed by atoms with E-state index in [9.17, 15) is 8.42 Å². The molecule has 0 aliphatic carbocycles. The lowest BCUT2D eigenvalue weighted by Gasteiger charge is -2.17. The fraction of sp³-hybridized carbons (Fsp3) is 0.200. The van der Waals surface area contributed by atoms with E-state index in [-0.39, 0.29) is 5.75 Å². The third-order valence-electron chi connectivity index (χ3n) is 3.05. The molecule has 20 heavy (non-hydrogen) atoms. The summed E-state index contributed by atoms with van der Waals surface area (Å²) in [5, 5.41) is 0. The molecule has 0 aliphatic heterocycles. The van der Waals surface area contributed by atoms with Crippen LogP contribution in [0.15, 0.2) is 54.6 Å². The maximum Gasteiger partial charge on any atom is 0.218 e. The van der Waals surface area contributed by atoms with Crippen LogP contribution in [0.25, 0.3) is 0 Å². The highest BCUT2D eigenvalue weighted by Gasteiger charge is 2.18. The second-order valence-corrected chi connectivity index (χ2v) is 6.82. The summed E-state index contributed by atoms with van der Waals surface area (Å²) in [6.07, 6.45) is 0. The number of benzene rings is 2. The topological polar surface area (TPSA) is 63.4 Å². The summed E-state index contributed by atoms with van der Waals surface area (Å²) in [6, 6.07) is 16.4. The molecule has 0 spiro atoms. The quantitative estimate of drug-likeness (QED) is 0.859. The number of hydrogen-bond donors (Lipinski definition) is 1. The Morgan fingerprint density at radius 1 is 0.950 bits per heavy atom. The first-order valence-corrected chi connectivity index (χ1v) is 7.91. The zero-order valence-corrected chi connectivity index (χ0v) is 12.2. The third kappa shape index (κ3) is 3.82. The van der Waals surface area contributed by atoms with E-state index in [1.165, 1.54) is 4.31 Å². The first-order chi connectivity index (χ1) is 9.47. The zero-order valence-electron chi connectivity index (χ0n) is 11.4. The van der Waals surface area contributed by atoms with Crippen LogP contribution in [0.2, 0.25) is 0 Å². The van der Waals surface area contributed by atoms with Crippen LogP contribution in [-0.2, 0) is 22.3 Å². The highest BCUT2D eigenvalue weighted by Crippen LogP contribution is 2.13. The highest BCUT2D eigenvalue weighted by molar-refractivity contribution is 7.88. The minimum atomic E-state index is -3.32. The van der Waals surface area contributed by atoms with Crippen LogP contribution in [-0.4, -0.2) is 19.8 Å². The van der Waals surface area contributed by atoms with Gasteiger partial charge in [-0.2, -0.15) is 0 Å². The highest BCUT2D eigenvalue weighted by atomic mass is 32.2. The lowest BCUT2D eigenvalue weighted by Crippen LogP contribution is -2.27. The Labute approximate surface area is 119 Å². The van der Waals surface area contributed by atoms with Crippen molar-refractivity contribution in [1.82, 2.24) is 4.31 Å². The molecule has 2 rings (SSSR count). The van der Waals surface area contributed by atoms with Crippen molar-refractivity contribution in [2.75, 3.05) is 12.8 Å². The van der Waals surface area contributed by atoms with Crippen LogP contribution >= 0.6 is 0 Å². The molecule has 0 aliphatic rings. The Morgan fingerprint density at radius 3 is 2.15 bits per heavy atom. The Balaban J connectivity index is 2.07. The van der Waals surface area contributed by atoms with Gasteiger partial charge < -0.3 is 5.73 Å². The van der Waals surface area contributed by atoms with E-state index in [4.69, 9.17) is 5.73 Å². The molecule has 2 aromatic carbocycles. The van der Waals surface area contributed by atoms with Gasteiger partial charge in [-0.05, 0) is 23.3 Å². The molecule has 0 bridgehead atoms. The van der Waals surface area contributed by atoms with E-state index in [0.717, 1.165) is 11.1 Å². The maximum atomic E-state index is 12.3. The van der Waals surface area contributed by atoms with Gasteiger partial charge in [0.25, 0.3) is 0 Å². The monoisotopic (exact) mass is 290 g/mol. The van der Waals surface area contributed by atoms with Crippen molar-refractivity contribution in [3.8, 4) is 0 Å². The van der Waals surface area contributed by atoms with Crippen molar-refractivity contribution in [2.24, 2.45) is 0 Å². The summed E-state index contributed by atoms with van der Waals surface area (Å²) >= 11 is 0. The Morgan fingerprint density at radius 2 is 1.55 bits per heavy atom. The molecular formula is C15H18N2O2S. The average Bonchev–Trinajstić information content (AvgIpc) is 2.42. The van der Waals surface area contributed by atoms with Crippen LogP contribution in [0, 0.1) is 0 Å². The van der Waals surface area contributed by atoms with Gasteiger partial charge in [0, 0.05) is 19.3 Å². The van der Waals surface area contributed by atoms with Crippen molar-refractivity contribution in [3.05, 3.63) is 65.7 Å². The van der Waals surface area contributed by atoms with Crippen molar-refractivity contribution in [3.63, 3.8) is 0 Å². The molecule has 0 amide bonds. The molecule has 0 atom stereocenters. The first-order valence-electron chi connectivity index (χ1n) is 6.30. The summed E-state index contributed by atoms with van der Waals surface area (Å²) in [5.74, 6) is 0.0132. The molecule has 4 nitrogen and oxygen atoms in total. The predicted octanol–water partition coefficient (Wildman–Crippen LogP) is 2.23. The minimum Gasteiger partial charge on any atom is -0.399 e. The van der Waals surface area contributed by atoms with Crippen LogP contribution < -0.4 is 5.73 Å². The zero-order chi connectivity index (χ0) is 14.6. The molecule has 0 heterocycles. The average molecular weight is 290 g/mol. The van der Waals surface area contributed by atoms with Crippen molar-refractivity contribution in [1.29, 1.82) is 0 Å². The number of hydrogen-bond acceptors (Lipinski definition) is 3. The summed E-state index contributed by atoms with van der Waals surface area (Å²) in [6.45, 7) is 0.343. The maximum absolute atomic E-state index is 12.3. The first kappa shape index (κ1) is 14.6. The van der Waals surface area contributed by atoms with Gasteiger partial charge in [-0.3, -0.25) is 0 Å². The van der Waals surface area contributed by atoms with E-state index in [1.807, 2.05) is 42.5 Å². The molecule has 0 fully saturated rings. The fourth-order valence-electron chi connectivity index (χ4n) is 1.87. The van der Waals surface area contributed by atoms with E-state index in [1.54, 1.807) is 19.2 Å². The summed E-state index contributed by atoms with van der Waals surface area (Å²) in [4.78, 5) is 0. The van der Waals surface area contributed by atoms with Gasteiger partial charge in [-0.25, -0.2) is 12.7 Å². The third-order valence-corrected chi connectivity index (χ3v) is 4.83. The number of sulfonamides is 1. The summed E-state index contributed by atoms with van der Waals surface area (Å²) < 4.78 is 25.9. The van der Waals surface area contributed by atoms with Crippen LogP contribution in [0.4, 0.5) is 5.69 Å². The number of rotatable bonds is 5. The van der Waals surface area contributed by atoms with Gasteiger partial charge in [0.05, 0.1) is 5.75 Å². The Hall–Kier alpha value is -1.85. The van der Waals surface area contributed by atoms with Gasteiger partial charge in [0.1, 0.15) is 0 Å². The van der Waals surface area contributed by atoms with Gasteiger partial charge in [0.2, 0.25) is 10.0 Å². The van der Waals surface area contributed by atoms with E-state index in [0.29, 0.717) is 12.2 Å². The molecule has 106 valence electrons. The lowest BCUT2D eigenvalue weighted by atomic mass is 10.2. The number of nitrogen functional groups attached to an aromatic ring is 1. The van der Waals surface area contributed by atoms with Gasteiger partial charge >= 0.3 is 0 Å². The van der Waals surface area contributed by atoms with Gasteiger partial charge in [-0.1, -0.05) is 42.5 Å². The molecule has 0 unspecified atom stereocenters. The molecule has 5 heteroatoms.